The first-order valence-corrected chi connectivity index (χ1v) is 14.6. The minimum absolute atomic E-state index is 0.0981. The number of nitrogen functional groups attached to an aromatic ring is 1. The maximum Gasteiger partial charge on any atom is 0.322 e. The molecule has 8 heteroatoms. The first-order valence-electron chi connectivity index (χ1n) is 14.6. The number of para-hydroxylation sites is 3. The Bertz CT molecular complexity index is 1470. The van der Waals surface area contributed by atoms with Crippen molar-refractivity contribution in [2.75, 3.05) is 27.8 Å². The summed E-state index contributed by atoms with van der Waals surface area (Å²) in [6, 6.07) is 21.7. The quantitative estimate of drug-likeness (QED) is 0.268. The van der Waals surface area contributed by atoms with Crippen molar-refractivity contribution in [2.45, 2.75) is 44.6 Å². The molecule has 4 N–H and O–H groups in total. The van der Waals surface area contributed by atoms with Crippen molar-refractivity contribution in [1.82, 2.24) is 4.90 Å². The van der Waals surface area contributed by atoms with E-state index >= 15 is 0 Å². The number of hydrogen-bond acceptors (Lipinski definition) is 4. The molecule has 4 bridgehead atoms. The van der Waals surface area contributed by atoms with Crippen LogP contribution < -0.4 is 21.3 Å². The third-order valence-corrected chi connectivity index (χ3v) is 9.50. The zero-order chi connectivity index (χ0) is 28.1. The van der Waals surface area contributed by atoms with Gasteiger partial charge in [-0.2, -0.15) is 0 Å². The molecule has 1 atom stereocenters. The van der Waals surface area contributed by atoms with Crippen LogP contribution in [0.5, 0.6) is 0 Å². The molecule has 3 aromatic carbocycles. The molecule has 1 aliphatic heterocycles. The monoisotopic (exact) mass is 549 g/mol. The predicted molar refractivity (Wildman–Crippen MR) is 160 cm³/mol. The van der Waals surface area contributed by atoms with Crippen molar-refractivity contribution in [2.24, 2.45) is 23.2 Å². The molecule has 3 aromatic rings. The Kier molecular flexibility index (Phi) is 6.21. The molecule has 8 nitrogen and oxygen atoms in total. The van der Waals surface area contributed by atoms with Gasteiger partial charge in [0.25, 0.3) is 11.8 Å². The molecule has 0 saturated heterocycles. The van der Waals surface area contributed by atoms with Gasteiger partial charge in [0.1, 0.15) is 0 Å². The van der Waals surface area contributed by atoms with E-state index in [1.807, 2.05) is 48.5 Å². The Balaban J connectivity index is 1.30. The molecular weight excluding hydrogens is 514 g/mol. The maximum atomic E-state index is 14.6. The smallest absolute Gasteiger partial charge is 0.322 e. The van der Waals surface area contributed by atoms with Crippen LogP contribution in [0.15, 0.2) is 78.9 Å². The third-order valence-electron chi connectivity index (χ3n) is 9.50. The van der Waals surface area contributed by atoms with E-state index in [9.17, 15) is 14.4 Å². The summed E-state index contributed by atoms with van der Waals surface area (Å²) in [4.78, 5) is 45.9. The fourth-order valence-electron chi connectivity index (χ4n) is 8.38. The van der Waals surface area contributed by atoms with Gasteiger partial charge in [0, 0.05) is 23.6 Å². The fraction of sp³-hybridized carbons (Fsp3) is 0.364. The minimum atomic E-state index is -1.35. The van der Waals surface area contributed by atoms with E-state index in [-0.39, 0.29) is 5.41 Å². The van der Waals surface area contributed by atoms with E-state index in [1.54, 1.807) is 35.2 Å². The van der Waals surface area contributed by atoms with E-state index in [0.29, 0.717) is 52.7 Å². The molecule has 1 heterocycles. The van der Waals surface area contributed by atoms with Crippen LogP contribution in [0.2, 0.25) is 0 Å². The second-order valence-corrected chi connectivity index (χ2v) is 12.5. The molecule has 210 valence electrons. The molecule has 41 heavy (non-hydrogen) atoms. The van der Waals surface area contributed by atoms with Crippen molar-refractivity contribution >= 4 is 46.3 Å². The highest BCUT2D eigenvalue weighted by Gasteiger charge is 2.54. The van der Waals surface area contributed by atoms with Crippen LogP contribution >= 0.6 is 0 Å². The zero-order valence-corrected chi connectivity index (χ0v) is 23.0. The van der Waals surface area contributed by atoms with Crippen molar-refractivity contribution in [3.63, 3.8) is 0 Å². The summed E-state index contributed by atoms with van der Waals surface area (Å²) in [5, 5.41) is 5.93. The number of carbonyl (C=O) groups excluding carboxylic acids is 3. The second kappa shape index (κ2) is 9.94. The number of hydrogen-bond donors (Lipinski definition) is 3. The summed E-state index contributed by atoms with van der Waals surface area (Å²) >= 11 is 0. The highest BCUT2D eigenvalue weighted by atomic mass is 16.2. The SMILES string of the molecule is Nc1cccc(NC(=O)N(CC23CC4CC(CC(C4)C2)C3)C2C(=O)Nc3ccccc3N(c3ccccc3)C2=O)c1. The van der Waals surface area contributed by atoms with Crippen LogP contribution in [0.1, 0.15) is 38.5 Å². The lowest BCUT2D eigenvalue weighted by atomic mass is 9.49. The number of rotatable bonds is 5. The van der Waals surface area contributed by atoms with E-state index in [1.165, 1.54) is 24.2 Å². The molecule has 4 aliphatic carbocycles. The Morgan fingerprint density at radius 1 is 0.902 bits per heavy atom. The minimum Gasteiger partial charge on any atom is -0.399 e. The molecule has 4 saturated carbocycles. The topological polar surface area (TPSA) is 108 Å². The number of nitrogens with one attached hydrogen (secondary N) is 2. The van der Waals surface area contributed by atoms with Crippen LogP contribution in [0.4, 0.5) is 33.2 Å². The van der Waals surface area contributed by atoms with Gasteiger partial charge < -0.3 is 21.3 Å². The number of urea groups is 1. The van der Waals surface area contributed by atoms with Crippen LogP contribution in [0.3, 0.4) is 0 Å². The first-order chi connectivity index (χ1) is 19.9. The molecule has 0 aromatic heterocycles. The third kappa shape index (κ3) is 4.71. The lowest BCUT2D eigenvalue weighted by molar-refractivity contribution is -0.133. The van der Waals surface area contributed by atoms with Gasteiger partial charge in [-0.15, -0.1) is 0 Å². The normalized spacial score (nSPS) is 28.0. The summed E-state index contributed by atoms with van der Waals surface area (Å²) in [6.07, 6.45) is 6.88. The lowest BCUT2D eigenvalue weighted by Crippen LogP contribution is -2.60. The van der Waals surface area contributed by atoms with Crippen LogP contribution in [0.25, 0.3) is 0 Å². The van der Waals surface area contributed by atoms with E-state index in [4.69, 9.17) is 5.73 Å². The van der Waals surface area contributed by atoms with Gasteiger partial charge in [-0.3, -0.25) is 14.5 Å². The van der Waals surface area contributed by atoms with E-state index in [2.05, 4.69) is 10.6 Å². The number of anilines is 5. The number of fused-ring (bicyclic) bond motifs is 1. The van der Waals surface area contributed by atoms with Gasteiger partial charge in [0.15, 0.2) is 6.04 Å². The molecular formula is C33H35N5O3. The Labute approximate surface area is 239 Å². The lowest BCUT2D eigenvalue weighted by Gasteiger charge is -2.58. The summed E-state index contributed by atoms with van der Waals surface area (Å²) in [7, 11) is 0. The second-order valence-electron chi connectivity index (χ2n) is 12.5. The van der Waals surface area contributed by atoms with Crippen molar-refractivity contribution in [3.05, 3.63) is 78.9 Å². The predicted octanol–water partition coefficient (Wildman–Crippen LogP) is 6.00. The molecule has 5 aliphatic rings. The Hall–Kier alpha value is -4.33. The van der Waals surface area contributed by atoms with Gasteiger partial charge in [-0.05, 0) is 104 Å². The standard InChI is InChI=1S/C33H35N5O3/c34-24-7-6-8-25(16-24)35-32(41)37(20-33-17-21-13-22(18-33)15-23(14-21)19-33)29-30(39)36-27-11-4-5-12-28(27)38(31(29)40)26-9-2-1-3-10-26/h1-12,16,21-23,29H,13-15,17-20,34H2,(H,35,41)(H,36,39). The van der Waals surface area contributed by atoms with Crippen molar-refractivity contribution in [1.29, 1.82) is 0 Å². The zero-order valence-electron chi connectivity index (χ0n) is 23.0. The summed E-state index contributed by atoms with van der Waals surface area (Å²) in [5.74, 6) is 1.01. The number of benzene rings is 3. The molecule has 0 spiro atoms. The number of carbonyl (C=O) groups is 3. The average Bonchev–Trinajstić information content (AvgIpc) is 3.04. The highest BCUT2D eigenvalue weighted by Crippen LogP contribution is 2.60. The molecule has 4 fully saturated rings. The van der Waals surface area contributed by atoms with Gasteiger partial charge in [0.05, 0.1) is 11.4 Å². The van der Waals surface area contributed by atoms with E-state index < -0.39 is 23.9 Å². The van der Waals surface area contributed by atoms with Gasteiger partial charge in [0.2, 0.25) is 0 Å². The number of amides is 4. The van der Waals surface area contributed by atoms with Crippen LogP contribution in [-0.4, -0.2) is 35.3 Å². The van der Waals surface area contributed by atoms with Gasteiger partial charge in [-0.25, -0.2) is 4.79 Å². The average molecular weight is 550 g/mol. The highest BCUT2D eigenvalue weighted by molar-refractivity contribution is 6.23. The molecule has 4 amide bonds. The molecule has 0 radical (unpaired) electrons. The largest absolute Gasteiger partial charge is 0.399 e. The van der Waals surface area contributed by atoms with E-state index in [0.717, 1.165) is 19.3 Å². The summed E-state index contributed by atoms with van der Waals surface area (Å²) in [5.41, 5.74) is 8.68. The maximum absolute atomic E-state index is 14.6. The summed E-state index contributed by atoms with van der Waals surface area (Å²) in [6.45, 7) is 0.355. The summed E-state index contributed by atoms with van der Waals surface area (Å²) < 4.78 is 0. The van der Waals surface area contributed by atoms with Gasteiger partial charge >= 0.3 is 6.03 Å². The first kappa shape index (κ1) is 25.6. The fourth-order valence-corrected chi connectivity index (χ4v) is 8.38. The molecule has 1 unspecified atom stereocenters. The van der Waals surface area contributed by atoms with Crippen molar-refractivity contribution in [3.8, 4) is 0 Å². The molecule has 8 rings (SSSR count). The Morgan fingerprint density at radius 3 is 2.24 bits per heavy atom. The van der Waals surface area contributed by atoms with Crippen LogP contribution in [0, 0.1) is 23.2 Å². The number of nitrogens with zero attached hydrogens (tertiary/aromatic N) is 2. The van der Waals surface area contributed by atoms with Crippen LogP contribution in [-0.2, 0) is 9.59 Å². The van der Waals surface area contributed by atoms with Crippen molar-refractivity contribution < 1.29 is 14.4 Å². The van der Waals surface area contributed by atoms with Gasteiger partial charge in [-0.1, -0.05) is 36.4 Å². The number of nitrogens with two attached hydrogens (primary N) is 1. The Morgan fingerprint density at radius 2 is 1.56 bits per heavy atom.